The van der Waals surface area contributed by atoms with Gasteiger partial charge in [0.2, 0.25) is 5.91 Å². The second kappa shape index (κ2) is 5.84. The number of rotatable bonds is 6. The van der Waals surface area contributed by atoms with Crippen molar-refractivity contribution in [2.75, 3.05) is 11.9 Å². The maximum atomic E-state index is 11.8. The van der Waals surface area contributed by atoms with Crippen LogP contribution in [0.25, 0.3) is 0 Å². The molecule has 2 N–H and O–H groups in total. The van der Waals surface area contributed by atoms with Crippen LogP contribution in [0.15, 0.2) is 24.3 Å². The Hall–Kier alpha value is -1.88. The molecule has 2 atom stereocenters. The third kappa shape index (κ3) is 3.54. The first-order valence-electron chi connectivity index (χ1n) is 6.32. The molecule has 2 unspecified atom stereocenters. The molecule has 0 aromatic heterocycles. The van der Waals surface area contributed by atoms with E-state index in [1.165, 1.54) is 0 Å². The summed E-state index contributed by atoms with van der Waals surface area (Å²) in [6.45, 7) is 3.06. The minimum Gasteiger partial charge on any atom is -0.481 e. The molecule has 2 rings (SSSR count). The number of carbonyl (C=O) groups is 2. The van der Waals surface area contributed by atoms with Crippen molar-refractivity contribution in [1.29, 1.82) is 0 Å². The summed E-state index contributed by atoms with van der Waals surface area (Å²) in [6.07, 6.45) is 0.430. The van der Waals surface area contributed by atoms with E-state index >= 15 is 0 Å². The zero-order valence-electron chi connectivity index (χ0n) is 10.8. The van der Waals surface area contributed by atoms with E-state index in [0.717, 1.165) is 5.56 Å². The summed E-state index contributed by atoms with van der Waals surface area (Å²) in [7, 11) is 0. The molecule has 0 spiro atoms. The van der Waals surface area contributed by atoms with E-state index in [1.807, 2.05) is 25.1 Å². The van der Waals surface area contributed by atoms with Crippen LogP contribution in [0, 0.1) is 11.8 Å². The molecule has 5 heteroatoms. The molecule has 1 aromatic carbocycles. The Morgan fingerprint density at radius 1 is 1.42 bits per heavy atom. The van der Waals surface area contributed by atoms with Crippen LogP contribution >= 0.6 is 0 Å². The maximum absolute atomic E-state index is 11.8. The minimum atomic E-state index is -0.898. The first-order valence-corrected chi connectivity index (χ1v) is 6.32. The van der Waals surface area contributed by atoms with Crippen molar-refractivity contribution >= 4 is 17.6 Å². The molecule has 5 nitrogen and oxygen atoms in total. The van der Waals surface area contributed by atoms with Gasteiger partial charge in [-0.25, -0.2) is 0 Å². The average molecular weight is 263 g/mol. The lowest BCUT2D eigenvalue weighted by Crippen LogP contribution is -2.16. The van der Waals surface area contributed by atoms with Crippen molar-refractivity contribution in [3.05, 3.63) is 29.8 Å². The summed E-state index contributed by atoms with van der Waals surface area (Å²) in [6, 6.07) is 7.38. The predicted molar refractivity (Wildman–Crippen MR) is 69.6 cm³/mol. The van der Waals surface area contributed by atoms with Crippen LogP contribution in [0.2, 0.25) is 0 Å². The van der Waals surface area contributed by atoms with Gasteiger partial charge in [-0.2, -0.15) is 0 Å². The van der Waals surface area contributed by atoms with Gasteiger partial charge in [0, 0.05) is 12.3 Å². The Kier molecular flexibility index (Phi) is 4.16. The molecular formula is C14H17NO4. The standard InChI is InChI=1S/C14H17NO4/c1-2-19-8-9-4-3-5-10(6-9)15-13(16)11-7-12(11)14(17)18/h3-6,11-12H,2,7-8H2,1H3,(H,15,16)(H,17,18). The van der Waals surface area contributed by atoms with E-state index in [9.17, 15) is 9.59 Å². The molecule has 1 aromatic rings. The van der Waals surface area contributed by atoms with Gasteiger partial charge in [0.1, 0.15) is 0 Å². The zero-order chi connectivity index (χ0) is 13.8. The predicted octanol–water partition coefficient (Wildman–Crippen LogP) is 1.88. The lowest BCUT2D eigenvalue weighted by atomic mass is 10.2. The van der Waals surface area contributed by atoms with E-state index in [-0.39, 0.29) is 5.91 Å². The lowest BCUT2D eigenvalue weighted by molar-refractivity contribution is -0.139. The number of aliphatic carboxylic acids is 1. The Labute approximate surface area is 111 Å². The van der Waals surface area contributed by atoms with Gasteiger partial charge >= 0.3 is 5.97 Å². The summed E-state index contributed by atoms with van der Waals surface area (Å²) in [5, 5.41) is 11.5. The Bertz CT molecular complexity index is 486. The summed E-state index contributed by atoms with van der Waals surface area (Å²) in [5.41, 5.74) is 1.66. The average Bonchev–Trinajstić information content (AvgIpc) is 3.17. The third-order valence-electron chi connectivity index (χ3n) is 3.11. The van der Waals surface area contributed by atoms with Crippen molar-refractivity contribution in [2.45, 2.75) is 20.0 Å². The summed E-state index contributed by atoms with van der Waals surface area (Å²) >= 11 is 0. The molecular weight excluding hydrogens is 246 g/mol. The van der Waals surface area contributed by atoms with Crippen LogP contribution in [-0.4, -0.2) is 23.6 Å². The number of hydrogen-bond donors (Lipinski definition) is 2. The highest BCUT2D eigenvalue weighted by Gasteiger charge is 2.48. The van der Waals surface area contributed by atoms with Crippen molar-refractivity contribution in [3.63, 3.8) is 0 Å². The van der Waals surface area contributed by atoms with Crippen LogP contribution in [0.4, 0.5) is 5.69 Å². The molecule has 0 aliphatic heterocycles. The van der Waals surface area contributed by atoms with Gasteiger partial charge in [0.05, 0.1) is 18.4 Å². The Balaban J connectivity index is 1.92. The first kappa shape index (κ1) is 13.5. The normalized spacial score (nSPS) is 20.9. The second-order valence-electron chi connectivity index (χ2n) is 4.61. The van der Waals surface area contributed by atoms with Crippen molar-refractivity contribution in [2.24, 2.45) is 11.8 Å². The number of carboxylic acids is 1. The van der Waals surface area contributed by atoms with Crippen LogP contribution < -0.4 is 5.32 Å². The van der Waals surface area contributed by atoms with Crippen LogP contribution in [0.5, 0.6) is 0 Å². The van der Waals surface area contributed by atoms with Crippen LogP contribution in [0.3, 0.4) is 0 Å². The molecule has 102 valence electrons. The molecule has 0 bridgehead atoms. The molecule has 0 saturated heterocycles. The number of anilines is 1. The van der Waals surface area contributed by atoms with E-state index in [1.54, 1.807) is 6.07 Å². The number of benzene rings is 1. The fourth-order valence-electron chi connectivity index (χ4n) is 1.95. The smallest absolute Gasteiger partial charge is 0.307 e. The number of amides is 1. The first-order chi connectivity index (χ1) is 9.11. The van der Waals surface area contributed by atoms with Gasteiger partial charge in [0.25, 0.3) is 0 Å². The van der Waals surface area contributed by atoms with Gasteiger partial charge in [-0.3, -0.25) is 9.59 Å². The molecule has 1 aliphatic carbocycles. The summed E-state index contributed by atoms with van der Waals surface area (Å²) < 4.78 is 5.30. The van der Waals surface area contributed by atoms with E-state index in [0.29, 0.717) is 25.3 Å². The van der Waals surface area contributed by atoms with Gasteiger partial charge < -0.3 is 15.2 Å². The van der Waals surface area contributed by atoms with E-state index in [2.05, 4.69) is 5.32 Å². The van der Waals surface area contributed by atoms with Crippen molar-refractivity contribution < 1.29 is 19.4 Å². The van der Waals surface area contributed by atoms with Gasteiger partial charge in [0.15, 0.2) is 0 Å². The molecule has 1 saturated carbocycles. The monoisotopic (exact) mass is 263 g/mol. The molecule has 1 fully saturated rings. The van der Waals surface area contributed by atoms with Crippen molar-refractivity contribution in [1.82, 2.24) is 0 Å². The quantitative estimate of drug-likeness (QED) is 0.821. The molecule has 19 heavy (non-hydrogen) atoms. The van der Waals surface area contributed by atoms with E-state index in [4.69, 9.17) is 9.84 Å². The zero-order valence-corrected chi connectivity index (χ0v) is 10.8. The molecule has 0 heterocycles. The van der Waals surface area contributed by atoms with Crippen LogP contribution in [0.1, 0.15) is 18.9 Å². The number of carboxylic acid groups (broad SMARTS) is 1. The number of ether oxygens (including phenoxy) is 1. The molecule has 1 aliphatic rings. The third-order valence-corrected chi connectivity index (χ3v) is 3.11. The maximum Gasteiger partial charge on any atom is 0.307 e. The Morgan fingerprint density at radius 2 is 2.21 bits per heavy atom. The fraction of sp³-hybridized carbons (Fsp3) is 0.429. The molecule has 1 amide bonds. The second-order valence-corrected chi connectivity index (χ2v) is 4.61. The van der Waals surface area contributed by atoms with Crippen molar-refractivity contribution in [3.8, 4) is 0 Å². The van der Waals surface area contributed by atoms with Gasteiger partial charge in [-0.05, 0) is 31.0 Å². The summed E-state index contributed by atoms with van der Waals surface area (Å²) in [4.78, 5) is 22.5. The number of carbonyl (C=O) groups excluding carboxylic acids is 1. The molecule has 0 radical (unpaired) electrons. The van der Waals surface area contributed by atoms with Crippen LogP contribution in [-0.2, 0) is 20.9 Å². The summed E-state index contributed by atoms with van der Waals surface area (Å²) in [5.74, 6) is -2.04. The number of nitrogens with one attached hydrogen (secondary N) is 1. The van der Waals surface area contributed by atoms with Gasteiger partial charge in [-0.1, -0.05) is 12.1 Å². The largest absolute Gasteiger partial charge is 0.481 e. The van der Waals surface area contributed by atoms with Gasteiger partial charge in [-0.15, -0.1) is 0 Å². The fourth-order valence-corrected chi connectivity index (χ4v) is 1.95. The Morgan fingerprint density at radius 3 is 2.84 bits per heavy atom. The number of hydrogen-bond acceptors (Lipinski definition) is 3. The lowest BCUT2D eigenvalue weighted by Gasteiger charge is -2.07. The highest BCUT2D eigenvalue weighted by Crippen LogP contribution is 2.39. The van der Waals surface area contributed by atoms with E-state index < -0.39 is 17.8 Å². The minimum absolute atomic E-state index is 0.221. The topological polar surface area (TPSA) is 75.6 Å². The highest BCUT2D eigenvalue weighted by molar-refractivity contribution is 5.98. The highest BCUT2D eigenvalue weighted by atomic mass is 16.5. The SMILES string of the molecule is CCOCc1cccc(NC(=O)C2CC2C(=O)O)c1.